The second-order valence-electron chi connectivity index (χ2n) is 5.45. The van der Waals surface area contributed by atoms with Crippen LogP contribution in [0.1, 0.15) is 23.1 Å². The van der Waals surface area contributed by atoms with E-state index in [1.54, 1.807) is 0 Å². The number of hydrogen-bond acceptors (Lipinski definition) is 2. The molecule has 20 heavy (non-hydrogen) atoms. The van der Waals surface area contributed by atoms with Crippen LogP contribution in [0.5, 0.6) is 0 Å². The quantitative estimate of drug-likeness (QED) is 0.925. The lowest BCUT2D eigenvalue weighted by Crippen LogP contribution is -2.37. The second kappa shape index (κ2) is 5.11. The number of benzene rings is 2. The maximum absolute atomic E-state index is 10.7. The molecular weight excluding hydrogens is 246 g/mol. The number of hydrogen-bond donors (Lipinski definition) is 1. The molecule has 2 aromatic carbocycles. The fourth-order valence-corrected chi connectivity index (χ4v) is 3.19. The Morgan fingerprint density at radius 3 is 2.55 bits per heavy atom. The maximum Gasteiger partial charge on any atom is 0.109 e. The van der Waals surface area contributed by atoms with Crippen molar-refractivity contribution in [1.29, 1.82) is 5.26 Å². The molecular formula is C18H17NO. The standard InChI is InChI=1S/C18H17NO/c19-13-18(11-10-15-8-4-5-9-16(15)18)17(20)12-14-6-2-1-3-7-14/h1-9,17,20H,10-12H2/t17-,18+/m0/s1. The summed E-state index contributed by atoms with van der Waals surface area (Å²) in [4.78, 5) is 0. The van der Waals surface area contributed by atoms with Crippen molar-refractivity contribution >= 4 is 0 Å². The Bertz CT molecular complexity index is 644. The van der Waals surface area contributed by atoms with Crippen molar-refractivity contribution in [3.8, 4) is 6.07 Å². The zero-order valence-electron chi connectivity index (χ0n) is 11.3. The van der Waals surface area contributed by atoms with E-state index in [1.165, 1.54) is 5.56 Å². The average molecular weight is 263 g/mol. The molecule has 0 amide bonds. The van der Waals surface area contributed by atoms with E-state index in [4.69, 9.17) is 0 Å². The molecule has 0 aromatic heterocycles. The molecule has 1 aliphatic rings. The highest BCUT2D eigenvalue weighted by Crippen LogP contribution is 2.41. The van der Waals surface area contributed by atoms with E-state index in [-0.39, 0.29) is 0 Å². The number of aliphatic hydroxyl groups excluding tert-OH is 1. The van der Waals surface area contributed by atoms with Crippen molar-refractivity contribution in [2.45, 2.75) is 30.8 Å². The van der Waals surface area contributed by atoms with Crippen molar-refractivity contribution in [1.82, 2.24) is 0 Å². The highest BCUT2D eigenvalue weighted by atomic mass is 16.3. The van der Waals surface area contributed by atoms with Crippen LogP contribution < -0.4 is 0 Å². The van der Waals surface area contributed by atoms with Gasteiger partial charge in [0.05, 0.1) is 12.2 Å². The topological polar surface area (TPSA) is 44.0 Å². The van der Waals surface area contributed by atoms with Gasteiger partial charge in [0, 0.05) is 6.42 Å². The van der Waals surface area contributed by atoms with Crippen molar-refractivity contribution in [3.05, 3.63) is 71.3 Å². The Hall–Kier alpha value is -2.11. The lowest BCUT2D eigenvalue weighted by Gasteiger charge is -2.28. The Morgan fingerprint density at radius 1 is 1.10 bits per heavy atom. The fraction of sp³-hybridized carbons (Fsp3) is 0.278. The molecule has 1 aliphatic carbocycles. The summed E-state index contributed by atoms with van der Waals surface area (Å²) >= 11 is 0. The van der Waals surface area contributed by atoms with Crippen LogP contribution in [0.15, 0.2) is 54.6 Å². The second-order valence-corrected chi connectivity index (χ2v) is 5.45. The van der Waals surface area contributed by atoms with E-state index in [2.05, 4.69) is 12.1 Å². The SMILES string of the molecule is N#C[C@]1([C@@H](O)Cc2ccccc2)CCc2ccccc21. The molecule has 0 spiro atoms. The first-order valence-corrected chi connectivity index (χ1v) is 6.98. The number of rotatable bonds is 3. The Morgan fingerprint density at radius 2 is 1.80 bits per heavy atom. The van der Waals surface area contributed by atoms with E-state index < -0.39 is 11.5 Å². The summed E-state index contributed by atoms with van der Waals surface area (Å²) in [6.07, 6.45) is 1.42. The minimum absolute atomic E-state index is 0.517. The van der Waals surface area contributed by atoms with E-state index in [0.29, 0.717) is 12.8 Å². The third-order valence-electron chi connectivity index (χ3n) is 4.33. The van der Waals surface area contributed by atoms with Crippen LogP contribution in [0.3, 0.4) is 0 Å². The third-order valence-corrected chi connectivity index (χ3v) is 4.33. The van der Waals surface area contributed by atoms with Crippen LogP contribution in [0.4, 0.5) is 0 Å². The van der Waals surface area contributed by atoms with Gasteiger partial charge in [-0.25, -0.2) is 0 Å². The predicted octanol–water partition coefficient (Wildman–Crippen LogP) is 3.00. The lowest BCUT2D eigenvalue weighted by atomic mass is 9.76. The van der Waals surface area contributed by atoms with Gasteiger partial charge in [0.15, 0.2) is 0 Å². The van der Waals surface area contributed by atoms with Crippen LogP contribution in [0.25, 0.3) is 0 Å². The van der Waals surface area contributed by atoms with Crippen molar-refractivity contribution in [3.63, 3.8) is 0 Å². The summed E-state index contributed by atoms with van der Waals surface area (Å²) in [7, 11) is 0. The first kappa shape index (κ1) is 12.9. The van der Waals surface area contributed by atoms with E-state index in [1.807, 2.05) is 48.5 Å². The molecule has 100 valence electrons. The number of aryl methyl sites for hydroxylation is 1. The molecule has 0 saturated carbocycles. The zero-order chi connectivity index (χ0) is 14.0. The van der Waals surface area contributed by atoms with Gasteiger partial charge in [-0.1, -0.05) is 54.6 Å². The Labute approximate surface area is 119 Å². The summed E-state index contributed by atoms with van der Waals surface area (Å²) in [6.45, 7) is 0. The normalized spacial score (nSPS) is 22.0. The van der Waals surface area contributed by atoms with Crippen molar-refractivity contribution in [2.75, 3.05) is 0 Å². The summed E-state index contributed by atoms with van der Waals surface area (Å²) < 4.78 is 0. The minimum Gasteiger partial charge on any atom is -0.391 e. The molecule has 0 heterocycles. The first-order chi connectivity index (χ1) is 9.76. The molecule has 2 nitrogen and oxygen atoms in total. The Kier molecular flexibility index (Phi) is 3.30. The largest absolute Gasteiger partial charge is 0.391 e. The summed E-state index contributed by atoms with van der Waals surface area (Å²) in [5.41, 5.74) is 2.51. The van der Waals surface area contributed by atoms with Gasteiger partial charge in [-0.3, -0.25) is 0 Å². The van der Waals surface area contributed by atoms with Crippen molar-refractivity contribution < 1.29 is 5.11 Å². The molecule has 0 bridgehead atoms. The van der Waals surface area contributed by atoms with Gasteiger partial charge in [0.2, 0.25) is 0 Å². The molecule has 0 unspecified atom stereocenters. The molecule has 2 heteroatoms. The van der Waals surface area contributed by atoms with Gasteiger partial charge >= 0.3 is 0 Å². The summed E-state index contributed by atoms with van der Waals surface area (Å²) in [5.74, 6) is 0. The molecule has 0 fully saturated rings. The minimum atomic E-state index is -0.758. The third kappa shape index (κ3) is 2.01. The molecule has 0 aliphatic heterocycles. The average Bonchev–Trinajstić information content (AvgIpc) is 2.88. The van der Waals surface area contributed by atoms with Gasteiger partial charge in [-0.2, -0.15) is 5.26 Å². The highest BCUT2D eigenvalue weighted by molar-refractivity contribution is 5.45. The summed E-state index contributed by atoms with van der Waals surface area (Å²) in [5, 5.41) is 20.4. The maximum atomic E-state index is 10.7. The lowest BCUT2D eigenvalue weighted by molar-refractivity contribution is 0.110. The predicted molar refractivity (Wildman–Crippen MR) is 78.2 cm³/mol. The van der Waals surface area contributed by atoms with Crippen LogP contribution in [0, 0.1) is 11.3 Å². The number of nitrogens with zero attached hydrogens (tertiary/aromatic N) is 1. The fourth-order valence-electron chi connectivity index (χ4n) is 3.19. The van der Waals surface area contributed by atoms with Gasteiger partial charge in [0.1, 0.15) is 5.41 Å². The molecule has 2 atom stereocenters. The van der Waals surface area contributed by atoms with Crippen LogP contribution in [-0.2, 0) is 18.3 Å². The smallest absolute Gasteiger partial charge is 0.109 e. The highest BCUT2D eigenvalue weighted by Gasteiger charge is 2.44. The van der Waals surface area contributed by atoms with Crippen LogP contribution in [0.2, 0.25) is 0 Å². The first-order valence-electron chi connectivity index (χ1n) is 6.98. The van der Waals surface area contributed by atoms with E-state index in [9.17, 15) is 10.4 Å². The molecule has 0 saturated heterocycles. The van der Waals surface area contributed by atoms with Crippen LogP contribution >= 0.6 is 0 Å². The Balaban J connectivity index is 1.93. The molecule has 1 N–H and O–H groups in total. The van der Waals surface area contributed by atoms with Gasteiger partial charge < -0.3 is 5.11 Å². The van der Waals surface area contributed by atoms with Gasteiger partial charge in [0.25, 0.3) is 0 Å². The van der Waals surface area contributed by atoms with Crippen molar-refractivity contribution in [2.24, 2.45) is 0 Å². The molecule has 3 rings (SSSR count). The molecule has 0 radical (unpaired) electrons. The summed E-state index contributed by atoms with van der Waals surface area (Å²) in [6, 6.07) is 20.3. The number of aliphatic hydroxyl groups is 1. The monoisotopic (exact) mass is 263 g/mol. The number of nitriles is 1. The number of fused-ring (bicyclic) bond motifs is 1. The molecule has 2 aromatic rings. The zero-order valence-corrected chi connectivity index (χ0v) is 11.3. The van der Waals surface area contributed by atoms with E-state index >= 15 is 0 Å². The van der Waals surface area contributed by atoms with Gasteiger partial charge in [-0.15, -0.1) is 0 Å². The van der Waals surface area contributed by atoms with E-state index in [0.717, 1.165) is 17.5 Å². The van der Waals surface area contributed by atoms with Crippen LogP contribution in [-0.4, -0.2) is 11.2 Å². The van der Waals surface area contributed by atoms with Gasteiger partial charge in [-0.05, 0) is 29.5 Å².